The molecule has 0 unspecified atom stereocenters. The predicted octanol–water partition coefficient (Wildman–Crippen LogP) is -0.329. The molecule has 0 bridgehead atoms. The van der Waals surface area contributed by atoms with Crippen molar-refractivity contribution in [3.8, 4) is 0 Å². The third-order valence-electron chi connectivity index (χ3n) is 0.886. The van der Waals surface area contributed by atoms with Crippen LogP contribution in [0.25, 0.3) is 0 Å². The first-order chi connectivity index (χ1) is 5.07. The van der Waals surface area contributed by atoms with Crippen LogP contribution >= 0.6 is 0 Å². The molecule has 0 saturated carbocycles. The lowest BCUT2D eigenvalue weighted by Gasteiger charge is -1.93. The smallest absolute Gasteiger partial charge is 0.332 e. The number of aldehydes is 1. The SMILES string of the molecule is O=CC=C(CC(=O)O)C(=O)O. The molecule has 11 heavy (non-hydrogen) atoms. The summed E-state index contributed by atoms with van der Waals surface area (Å²) in [6, 6.07) is 0. The predicted molar refractivity (Wildman–Crippen MR) is 34.0 cm³/mol. The third kappa shape index (κ3) is 3.85. The van der Waals surface area contributed by atoms with Crippen molar-refractivity contribution < 1.29 is 24.6 Å². The lowest BCUT2D eigenvalue weighted by atomic mass is 10.2. The summed E-state index contributed by atoms with van der Waals surface area (Å²) in [6.45, 7) is 0. The molecular weight excluding hydrogens is 152 g/mol. The van der Waals surface area contributed by atoms with Crippen molar-refractivity contribution in [1.29, 1.82) is 0 Å². The first-order valence-electron chi connectivity index (χ1n) is 2.67. The number of rotatable bonds is 4. The average molecular weight is 158 g/mol. The topological polar surface area (TPSA) is 91.7 Å². The summed E-state index contributed by atoms with van der Waals surface area (Å²) in [5, 5.41) is 16.4. The molecule has 0 fully saturated rings. The van der Waals surface area contributed by atoms with Gasteiger partial charge in [0.05, 0.1) is 12.0 Å². The molecule has 5 heteroatoms. The van der Waals surface area contributed by atoms with Crippen LogP contribution in [0.15, 0.2) is 11.6 Å². The van der Waals surface area contributed by atoms with Gasteiger partial charge in [0, 0.05) is 0 Å². The van der Waals surface area contributed by atoms with E-state index >= 15 is 0 Å². The van der Waals surface area contributed by atoms with E-state index in [1.165, 1.54) is 0 Å². The molecule has 0 saturated heterocycles. The van der Waals surface area contributed by atoms with Gasteiger partial charge in [-0.3, -0.25) is 9.59 Å². The lowest BCUT2D eigenvalue weighted by molar-refractivity contribution is -0.139. The van der Waals surface area contributed by atoms with Gasteiger partial charge >= 0.3 is 11.9 Å². The van der Waals surface area contributed by atoms with Crippen molar-refractivity contribution >= 4 is 18.2 Å². The Morgan fingerprint density at radius 1 is 1.27 bits per heavy atom. The Morgan fingerprint density at radius 2 is 1.82 bits per heavy atom. The monoisotopic (exact) mass is 158 g/mol. The molecule has 0 atom stereocenters. The van der Waals surface area contributed by atoms with Crippen LogP contribution in [0, 0.1) is 0 Å². The Bertz CT molecular complexity index is 215. The van der Waals surface area contributed by atoms with Gasteiger partial charge in [-0.05, 0) is 6.08 Å². The quantitative estimate of drug-likeness (QED) is 0.431. The number of hydrogen-bond donors (Lipinski definition) is 2. The van der Waals surface area contributed by atoms with E-state index in [2.05, 4.69) is 0 Å². The number of carboxylic acid groups (broad SMARTS) is 2. The second kappa shape index (κ2) is 4.21. The van der Waals surface area contributed by atoms with Gasteiger partial charge in [-0.25, -0.2) is 4.79 Å². The highest BCUT2D eigenvalue weighted by Crippen LogP contribution is 1.99. The number of carbonyl (C=O) groups excluding carboxylic acids is 1. The van der Waals surface area contributed by atoms with Crippen molar-refractivity contribution in [2.45, 2.75) is 6.42 Å². The summed E-state index contributed by atoms with van der Waals surface area (Å²) in [6.07, 6.45) is 0.316. The molecule has 60 valence electrons. The molecule has 0 aromatic heterocycles. The van der Waals surface area contributed by atoms with Crippen LogP contribution in [0.2, 0.25) is 0 Å². The Morgan fingerprint density at radius 3 is 2.09 bits per heavy atom. The summed E-state index contributed by atoms with van der Waals surface area (Å²) in [4.78, 5) is 29.9. The number of aliphatic carboxylic acids is 2. The minimum atomic E-state index is -1.39. The Labute approximate surface area is 61.9 Å². The lowest BCUT2D eigenvalue weighted by Crippen LogP contribution is -2.06. The van der Waals surface area contributed by atoms with Crippen LogP contribution in [0.1, 0.15) is 6.42 Å². The number of carboxylic acids is 2. The molecule has 5 nitrogen and oxygen atoms in total. The molecule has 0 radical (unpaired) electrons. The van der Waals surface area contributed by atoms with Crippen molar-refractivity contribution in [2.75, 3.05) is 0 Å². The highest BCUT2D eigenvalue weighted by Gasteiger charge is 2.10. The minimum absolute atomic E-state index is 0.242. The van der Waals surface area contributed by atoms with Gasteiger partial charge in [-0.2, -0.15) is 0 Å². The van der Waals surface area contributed by atoms with Crippen molar-refractivity contribution in [2.24, 2.45) is 0 Å². The standard InChI is InChI=1S/C6H6O5/c7-2-1-4(6(10)11)3-5(8)9/h1-2H,3H2,(H,8,9)(H,10,11). The summed E-state index contributed by atoms with van der Waals surface area (Å²) in [5.41, 5.74) is -0.424. The fourth-order valence-electron chi connectivity index (χ4n) is 0.451. The zero-order chi connectivity index (χ0) is 8.85. The van der Waals surface area contributed by atoms with Gasteiger partial charge in [0.1, 0.15) is 6.29 Å². The van der Waals surface area contributed by atoms with Gasteiger partial charge < -0.3 is 10.2 Å². The van der Waals surface area contributed by atoms with Gasteiger partial charge in [0.25, 0.3) is 0 Å². The molecule has 0 heterocycles. The highest BCUT2D eigenvalue weighted by molar-refractivity contribution is 5.95. The number of carbonyl (C=O) groups is 3. The third-order valence-corrected chi connectivity index (χ3v) is 0.886. The molecule has 0 amide bonds. The van der Waals surface area contributed by atoms with E-state index in [0.717, 1.165) is 6.08 Å². The van der Waals surface area contributed by atoms with E-state index in [-0.39, 0.29) is 6.29 Å². The van der Waals surface area contributed by atoms with Crippen molar-refractivity contribution in [3.63, 3.8) is 0 Å². The van der Waals surface area contributed by atoms with E-state index in [1.54, 1.807) is 0 Å². The first kappa shape index (κ1) is 9.35. The molecule has 0 aromatic carbocycles. The minimum Gasteiger partial charge on any atom is -0.481 e. The maximum Gasteiger partial charge on any atom is 0.332 e. The summed E-state index contributed by atoms with van der Waals surface area (Å²) < 4.78 is 0. The van der Waals surface area contributed by atoms with E-state index in [1.807, 2.05) is 0 Å². The Balaban J connectivity index is 4.35. The summed E-state index contributed by atoms with van der Waals surface area (Å²) in [7, 11) is 0. The zero-order valence-electron chi connectivity index (χ0n) is 5.48. The molecule has 0 aliphatic carbocycles. The number of allylic oxidation sites excluding steroid dienone is 1. The van der Waals surface area contributed by atoms with Crippen LogP contribution in [0.4, 0.5) is 0 Å². The van der Waals surface area contributed by atoms with Crippen LogP contribution in [-0.4, -0.2) is 28.4 Å². The summed E-state index contributed by atoms with van der Waals surface area (Å²) in [5.74, 6) is -2.67. The van der Waals surface area contributed by atoms with E-state index in [4.69, 9.17) is 10.2 Å². The largest absolute Gasteiger partial charge is 0.481 e. The second-order valence-electron chi connectivity index (χ2n) is 1.70. The normalized spacial score (nSPS) is 10.7. The van der Waals surface area contributed by atoms with Crippen LogP contribution < -0.4 is 0 Å². The Kier molecular flexibility index (Phi) is 3.58. The van der Waals surface area contributed by atoms with E-state index in [0.29, 0.717) is 0 Å². The van der Waals surface area contributed by atoms with Crippen LogP contribution in [-0.2, 0) is 14.4 Å². The van der Waals surface area contributed by atoms with Crippen molar-refractivity contribution in [3.05, 3.63) is 11.6 Å². The average Bonchev–Trinajstić information content (AvgIpc) is 1.86. The highest BCUT2D eigenvalue weighted by atomic mass is 16.4. The maximum atomic E-state index is 10.1. The molecule has 2 N–H and O–H groups in total. The molecule has 0 aliphatic rings. The molecule has 0 spiro atoms. The van der Waals surface area contributed by atoms with Gasteiger partial charge in [0.15, 0.2) is 0 Å². The first-order valence-corrected chi connectivity index (χ1v) is 2.67. The second-order valence-corrected chi connectivity index (χ2v) is 1.70. The molecule has 0 rings (SSSR count). The van der Waals surface area contributed by atoms with E-state index in [9.17, 15) is 14.4 Å². The molecule has 0 aliphatic heterocycles. The van der Waals surface area contributed by atoms with Crippen molar-refractivity contribution in [1.82, 2.24) is 0 Å². The summed E-state index contributed by atoms with van der Waals surface area (Å²) >= 11 is 0. The van der Waals surface area contributed by atoms with Crippen LogP contribution in [0.3, 0.4) is 0 Å². The fraction of sp³-hybridized carbons (Fsp3) is 0.167. The molecule has 0 aromatic rings. The zero-order valence-corrected chi connectivity index (χ0v) is 5.48. The van der Waals surface area contributed by atoms with Crippen LogP contribution in [0.5, 0.6) is 0 Å². The molecular formula is C6H6O5. The van der Waals surface area contributed by atoms with Gasteiger partial charge in [-0.1, -0.05) is 0 Å². The van der Waals surface area contributed by atoms with Gasteiger partial charge in [0.2, 0.25) is 0 Å². The van der Waals surface area contributed by atoms with Gasteiger partial charge in [-0.15, -0.1) is 0 Å². The maximum absolute atomic E-state index is 10.1. The van der Waals surface area contributed by atoms with E-state index < -0.39 is 23.9 Å². The Hall–Kier alpha value is -1.65. The fourth-order valence-corrected chi connectivity index (χ4v) is 0.451. The number of hydrogen-bond acceptors (Lipinski definition) is 3.